The highest BCUT2D eigenvalue weighted by Gasteiger charge is 2.25. The van der Waals surface area contributed by atoms with Gasteiger partial charge in [0.2, 0.25) is 0 Å². The van der Waals surface area contributed by atoms with Crippen LogP contribution in [0.1, 0.15) is 23.3 Å². The normalized spacial score (nSPS) is 18.4. The number of hydrogen-bond acceptors (Lipinski definition) is 6. The predicted molar refractivity (Wildman–Crippen MR) is 99.6 cm³/mol. The third-order valence-electron chi connectivity index (χ3n) is 4.81. The van der Waals surface area contributed by atoms with Gasteiger partial charge >= 0.3 is 0 Å². The molecule has 1 saturated heterocycles. The van der Waals surface area contributed by atoms with Crippen molar-refractivity contribution in [1.82, 2.24) is 30.1 Å². The molecule has 0 spiro atoms. The van der Waals surface area contributed by atoms with E-state index in [0.29, 0.717) is 16.7 Å². The van der Waals surface area contributed by atoms with Crippen molar-refractivity contribution in [2.45, 2.75) is 19.9 Å². The molecule has 1 aliphatic heterocycles. The minimum atomic E-state index is 0.136. The van der Waals surface area contributed by atoms with E-state index in [-0.39, 0.29) is 6.04 Å². The van der Waals surface area contributed by atoms with Crippen LogP contribution < -0.4 is 5.32 Å². The summed E-state index contributed by atoms with van der Waals surface area (Å²) in [5.41, 5.74) is 3.56. The van der Waals surface area contributed by atoms with Crippen molar-refractivity contribution in [2.24, 2.45) is 0 Å². The van der Waals surface area contributed by atoms with Crippen molar-refractivity contribution in [3.8, 4) is 17.1 Å². The first-order valence-electron chi connectivity index (χ1n) is 8.61. The highest BCUT2D eigenvalue weighted by Crippen LogP contribution is 2.26. The minimum Gasteiger partial charge on any atom is -0.334 e. The van der Waals surface area contributed by atoms with Gasteiger partial charge in [-0.25, -0.2) is 4.68 Å². The van der Waals surface area contributed by atoms with Gasteiger partial charge in [-0.15, -0.1) is 0 Å². The molecule has 0 aliphatic carbocycles. The van der Waals surface area contributed by atoms with Crippen molar-refractivity contribution in [1.29, 1.82) is 0 Å². The Labute approximate surface area is 156 Å². The van der Waals surface area contributed by atoms with Crippen LogP contribution in [0.15, 0.2) is 28.8 Å². The average molecular weight is 373 g/mol. The van der Waals surface area contributed by atoms with Crippen molar-refractivity contribution < 1.29 is 4.52 Å². The second-order valence-electron chi connectivity index (χ2n) is 6.60. The molecule has 1 aromatic carbocycles. The Morgan fingerprint density at radius 1 is 1.23 bits per heavy atom. The monoisotopic (exact) mass is 372 g/mol. The van der Waals surface area contributed by atoms with E-state index in [1.807, 2.05) is 42.8 Å². The molecule has 0 amide bonds. The number of halogens is 1. The van der Waals surface area contributed by atoms with Crippen LogP contribution in [0.5, 0.6) is 0 Å². The Balaban J connectivity index is 1.58. The van der Waals surface area contributed by atoms with Crippen molar-refractivity contribution in [3.63, 3.8) is 0 Å². The SMILES string of the molecule is Cc1nn(-c2ccc(-c3nc(C4CNCCN4C)no3)cc2)c(C)c1Cl. The zero-order valence-electron chi connectivity index (χ0n) is 15.0. The topological polar surface area (TPSA) is 72.0 Å². The first-order valence-corrected chi connectivity index (χ1v) is 8.99. The van der Waals surface area contributed by atoms with Gasteiger partial charge in [-0.05, 0) is 45.2 Å². The minimum absolute atomic E-state index is 0.136. The molecule has 1 fully saturated rings. The van der Waals surface area contributed by atoms with Crippen LogP contribution in [0.25, 0.3) is 17.1 Å². The Hall–Kier alpha value is -2.22. The molecule has 3 heterocycles. The van der Waals surface area contributed by atoms with Crippen LogP contribution in [0.3, 0.4) is 0 Å². The predicted octanol–water partition coefficient (Wildman–Crippen LogP) is 2.77. The summed E-state index contributed by atoms with van der Waals surface area (Å²) in [4.78, 5) is 6.83. The molecule has 136 valence electrons. The molecular weight excluding hydrogens is 352 g/mol. The summed E-state index contributed by atoms with van der Waals surface area (Å²) in [5, 5.41) is 12.7. The number of nitrogens with zero attached hydrogens (tertiary/aromatic N) is 5. The number of aryl methyl sites for hydroxylation is 1. The summed E-state index contributed by atoms with van der Waals surface area (Å²) in [6.45, 7) is 6.63. The fourth-order valence-corrected chi connectivity index (χ4v) is 3.32. The highest BCUT2D eigenvalue weighted by atomic mass is 35.5. The zero-order chi connectivity index (χ0) is 18.3. The molecule has 8 heteroatoms. The van der Waals surface area contributed by atoms with Gasteiger partial charge in [-0.3, -0.25) is 4.90 Å². The summed E-state index contributed by atoms with van der Waals surface area (Å²) in [6.07, 6.45) is 0. The summed E-state index contributed by atoms with van der Waals surface area (Å²) < 4.78 is 7.32. The van der Waals surface area contributed by atoms with E-state index in [0.717, 1.165) is 42.3 Å². The number of likely N-dealkylation sites (N-methyl/N-ethyl adjacent to an activating group) is 1. The Morgan fingerprint density at radius 2 is 2.00 bits per heavy atom. The van der Waals surface area contributed by atoms with Gasteiger partial charge in [-0.2, -0.15) is 10.1 Å². The third-order valence-corrected chi connectivity index (χ3v) is 5.36. The Bertz CT molecular complexity index is 916. The van der Waals surface area contributed by atoms with Crippen LogP contribution in [0.2, 0.25) is 5.02 Å². The third kappa shape index (κ3) is 3.02. The van der Waals surface area contributed by atoms with E-state index in [4.69, 9.17) is 16.1 Å². The average Bonchev–Trinajstić information content (AvgIpc) is 3.24. The second-order valence-corrected chi connectivity index (χ2v) is 6.98. The van der Waals surface area contributed by atoms with Gasteiger partial charge in [0, 0.05) is 25.2 Å². The van der Waals surface area contributed by atoms with Crippen LogP contribution >= 0.6 is 11.6 Å². The molecule has 26 heavy (non-hydrogen) atoms. The molecule has 0 radical (unpaired) electrons. The van der Waals surface area contributed by atoms with Gasteiger partial charge in [-0.1, -0.05) is 16.8 Å². The fraction of sp³-hybridized carbons (Fsp3) is 0.389. The maximum Gasteiger partial charge on any atom is 0.257 e. The van der Waals surface area contributed by atoms with Crippen molar-refractivity contribution in [2.75, 3.05) is 26.7 Å². The number of rotatable bonds is 3. The number of nitrogens with one attached hydrogen (secondary N) is 1. The lowest BCUT2D eigenvalue weighted by Crippen LogP contribution is -2.44. The Morgan fingerprint density at radius 3 is 2.65 bits per heavy atom. The van der Waals surface area contributed by atoms with Crippen molar-refractivity contribution in [3.05, 3.63) is 46.5 Å². The molecule has 0 bridgehead atoms. The summed E-state index contributed by atoms with van der Waals surface area (Å²) in [5.74, 6) is 1.24. The lowest BCUT2D eigenvalue weighted by Gasteiger charge is -2.30. The van der Waals surface area contributed by atoms with Crippen LogP contribution in [0, 0.1) is 13.8 Å². The van der Waals surface area contributed by atoms with Crippen LogP contribution in [-0.4, -0.2) is 51.5 Å². The first-order chi connectivity index (χ1) is 12.5. The lowest BCUT2D eigenvalue weighted by atomic mass is 10.2. The van der Waals surface area contributed by atoms with E-state index >= 15 is 0 Å². The van der Waals surface area contributed by atoms with E-state index < -0.39 is 0 Å². The smallest absolute Gasteiger partial charge is 0.257 e. The molecule has 1 aliphatic rings. The molecule has 4 rings (SSSR count). The maximum absolute atomic E-state index is 6.24. The van der Waals surface area contributed by atoms with E-state index in [2.05, 4.69) is 32.5 Å². The largest absolute Gasteiger partial charge is 0.334 e. The van der Waals surface area contributed by atoms with Crippen LogP contribution in [0.4, 0.5) is 0 Å². The molecule has 1 unspecified atom stereocenters. The van der Waals surface area contributed by atoms with Gasteiger partial charge < -0.3 is 9.84 Å². The van der Waals surface area contributed by atoms with Crippen molar-refractivity contribution >= 4 is 11.6 Å². The summed E-state index contributed by atoms with van der Waals surface area (Å²) in [7, 11) is 2.08. The number of aromatic nitrogens is 4. The first kappa shape index (κ1) is 17.2. The highest BCUT2D eigenvalue weighted by molar-refractivity contribution is 6.31. The molecule has 2 aromatic heterocycles. The van der Waals surface area contributed by atoms with Gasteiger partial charge in [0.15, 0.2) is 5.82 Å². The standard InChI is InChI=1S/C18H21ClN6O/c1-11-16(19)12(2)25(22-11)14-6-4-13(5-7-14)18-21-17(23-26-18)15-10-20-8-9-24(15)3/h4-7,15,20H,8-10H2,1-3H3. The summed E-state index contributed by atoms with van der Waals surface area (Å²) >= 11 is 6.24. The van der Waals surface area contributed by atoms with Gasteiger partial charge in [0.1, 0.15) is 0 Å². The van der Waals surface area contributed by atoms with Crippen LogP contribution in [-0.2, 0) is 0 Å². The molecular formula is C18H21ClN6O. The van der Waals surface area contributed by atoms with E-state index in [1.54, 1.807) is 0 Å². The quantitative estimate of drug-likeness (QED) is 0.762. The number of benzene rings is 1. The molecule has 0 saturated carbocycles. The second kappa shape index (κ2) is 6.83. The Kier molecular flexibility index (Phi) is 4.52. The number of piperazine rings is 1. The fourth-order valence-electron chi connectivity index (χ4n) is 3.20. The van der Waals surface area contributed by atoms with E-state index in [9.17, 15) is 0 Å². The molecule has 1 N–H and O–H groups in total. The molecule has 7 nitrogen and oxygen atoms in total. The summed E-state index contributed by atoms with van der Waals surface area (Å²) in [6, 6.07) is 8.00. The lowest BCUT2D eigenvalue weighted by molar-refractivity contribution is 0.190. The van der Waals surface area contributed by atoms with E-state index in [1.165, 1.54) is 0 Å². The molecule has 1 atom stereocenters. The van der Waals surface area contributed by atoms with Gasteiger partial charge in [0.25, 0.3) is 5.89 Å². The maximum atomic E-state index is 6.24. The van der Waals surface area contributed by atoms with Gasteiger partial charge in [0.05, 0.1) is 28.1 Å². The zero-order valence-corrected chi connectivity index (χ0v) is 15.8. The molecule has 3 aromatic rings. The number of hydrogen-bond donors (Lipinski definition) is 1.